The molecule has 0 N–H and O–H groups in total. The van der Waals surface area contributed by atoms with Crippen LogP contribution in [0.4, 0.5) is 13.2 Å². The lowest BCUT2D eigenvalue weighted by molar-refractivity contribution is -0.143. The lowest BCUT2D eigenvalue weighted by Gasteiger charge is -2.04. The Morgan fingerprint density at radius 2 is 2.03 bits per heavy atom. The number of hydrogen-bond acceptors (Lipinski definition) is 8. The van der Waals surface area contributed by atoms with E-state index in [9.17, 15) is 13.2 Å². The average Bonchev–Trinajstić information content (AvgIpc) is 3.48. The van der Waals surface area contributed by atoms with Crippen LogP contribution in [0.3, 0.4) is 0 Å². The second kappa shape index (κ2) is 7.30. The van der Waals surface area contributed by atoms with E-state index in [2.05, 4.69) is 30.4 Å². The molecule has 0 atom stereocenters. The van der Waals surface area contributed by atoms with Gasteiger partial charge < -0.3 is 4.57 Å². The monoisotopic (exact) mass is 465 g/mol. The predicted molar refractivity (Wildman–Crippen MR) is 109 cm³/mol. The molecule has 0 aliphatic rings. The predicted octanol–water partition coefficient (Wildman–Crippen LogP) is 3.66. The average molecular weight is 465 g/mol. The summed E-state index contributed by atoms with van der Waals surface area (Å²) in [5.74, 6) is 1.29. The van der Waals surface area contributed by atoms with Crippen molar-refractivity contribution in [2.75, 3.05) is 0 Å². The maximum Gasteiger partial charge on any atom is 0.433 e. The van der Waals surface area contributed by atoms with E-state index in [1.165, 1.54) is 30.1 Å². The summed E-state index contributed by atoms with van der Waals surface area (Å²) in [5, 5.41) is 20.1. The third-order valence-electron chi connectivity index (χ3n) is 4.61. The summed E-state index contributed by atoms with van der Waals surface area (Å²) in [5.41, 5.74) is 0.00470. The highest BCUT2D eigenvalue weighted by Gasteiger charge is 2.35. The van der Waals surface area contributed by atoms with Crippen molar-refractivity contribution in [3.8, 4) is 11.5 Å². The molecule has 0 aliphatic heterocycles. The Kier molecular flexibility index (Phi) is 4.69. The second-order valence-corrected chi connectivity index (χ2v) is 8.39. The normalized spacial score (nSPS) is 12.4. The van der Waals surface area contributed by atoms with Gasteiger partial charge in [0, 0.05) is 13.6 Å². The van der Waals surface area contributed by atoms with Gasteiger partial charge in [0.1, 0.15) is 22.5 Å². The number of thiophene rings is 1. The summed E-state index contributed by atoms with van der Waals surface area (Å²) in [7, 11) is 1.25. The maximum atomic E-state index is 13.1. The van der Waals surface area contributed by atoms with Crippen molar-refractivity contribution in [1.82, 2.24) is 44.1 Å². The Balaban J connectivity index is 1.42. The van der Waals surface area contributed by atoms with E-state index in [1.54, 1.807) is 15.4 Å². The number of hydrogen-bond donors (Lipinski definition) is 0. The molecule has 5 aromatic heterocycles. The van der Waals surface area contributed by atoms with Crippen molar-refractivity contribution in [2.24, 2.45) is 7.05 Å². The van der Waals surface area contributed by atoms with Gasteiger partial charge in [0.2, 0.25) is 0 Å². The Morgan fingerprint density at radius 1 is 1.19 bits per heavy atom. The molecular weight excluding hydrogens is 451 g/mol. The van der Waals surface area contributed by atoms with E-state index in [0.29, 0.717) is 23.3 Å². The van der Waals surface area contributed by atoms with Gasteiger partial charge in [-0.25, -0.2) is 14.5 Å². The highest BCUT2D eigenvalue weighted by atomic mass is 32.2. The van der Waals surface area contributed by atoms with Gasteiger partial charge in [-0.05, 0) is 24.4 Å². The first-order valence-electron chi connectivity index (χ1n) is 9.10. The van der Waals surface area contributed by atoms with Gasteiger partial charge in [0.05, 0.1) is 11.1 Å². The molecule has 160 valence electrons. The van der Waals surface area contributed by atoms with E-state index in [0.717, 1.165) is 26.6 Å². The minimum absolute atomic E-state index is 0.118. The molecule has 0 fully saturated rings. The fourth-order valence-electron chi connectivity index (χ4n) is 3.21. The fraction of sp³-hybridized carbons (Fsp3) is 0.294. The molecule has 9 nitrogen and oxygen atoms in total. The zero-order chi connectivity index (χ0) is 21.8. The molecule has 0 bridgehead atoms. The molecule has 0 radical (unpaired) electrons. The number of thioether (sulfide) groups is 1. The van der Waals surface area contributed by atoms with Crippen LogP contribution in [0.25, 0.3) is 27.4 Å². The van der Waals surface area contributed by atoms with Crippen molar-refractivity contribution >= 4 is 39.0 Å². The summed E-state index contributed by atoms with van der Waals surface area (Å²) in [6, 6.07) is 2.93. The van der Waals surface area contributed by atoms with Crippen molar-refractivity contribution < 1.29 is 13.2 Å². The largest absolute Gasteiger partial charge is 0.433 e. The zero-order valence-electron chi connectivity index (χ0n) is 16.2. The van der Waals surface area contributed by atoms with Gasteiger partial charge in [-0.1, -0.05) is 11.8 Å². The molecular formula is C17H14F3N9S2. The summed E-state index contributed by atoms with van der Waals surface area (Å²) < 4.78 is 43.5. The summed E-state index contributed by atoms with van der Waals surface area (Å²) in [4.78, 5) is 9.83. The Morgan fingerprint density at radius 3 is 2.77 bits per heavy atom. The van der Waals surface area contributed by atoms with Crippen LogP contribution in [0.15, 0.2) is 29.0 Å². The molecule has 5 rings (SSSR count). The number of fused-ring (bicyclic) bond motifs is 3. The van der Waals surface area contributed by atoms with Crippen LogP contribution < -0.4 is 0 Å². The number of rotatable bonds is 5. The minimum atomic E-state index is -4.49. The van der Waals surface area contributed by atoms with Crippen LogP contribution in [0.5, 0.6) is 0 Å². The van der Waals surface area contributed by atoms with Crippen LogP contribution in [0.2, 0.25) is 0 Å². The lowest BCUT2D eigenvalue weighted by Crippen LogP contribution is -2.11. The molecule has 0 aliphatic carbocycles. The maximum absolute atomic E-state index is 13.1. The Hall–Kier alpha value is -3.00. The number of nitrogens with zero attached hydrogens (tertiary/aromatic N) is 9. The van der Waals surface area contributed by atoms with Gasteiger partial charge in [0.15, 0.2) is 22.5 Å². The fourth-order valence-corrected chi connectivity index (χ4v) is 4.79. The highest BCUT2D eigenvalue weighted by molar-refractivity contribution is 7.98. The van der Waals surface area contributed by atoms with Crippen LogP contribution in [-0.4, -0.2) is 44.1 Å². The molecule has 0 aromatic carbocycles. The number of aromatic nitrogens is 9. The van der Waals surface area contributed by atoms with Crippen LogP contribution in [0.1, 0.15) is 18.4 Å². The van der Waals surface area contributed by atoms with E-state index in [1.807, 2.05) is 18.4 Å². The van der Waals surface area contributed by atoms with Gasteiger partial charge in [-0.2, -0.15) is 18.3 Å². The smallest absolute Gasteiger partial charge is 0.301 e. The van der Waals surface area contributed by atoms with Crippen molar-refractivity contribution in [1.29, 1.82) is 0 Å². The highest BCUT2D eigenvalue weighted by Crippen LogP contribution is 2.32. The first-order chi connectivity index (χ1) is 14.8. The van der Waals surface area contributed by atoms with Crippen molar-refractivity contribution in [3.05, 3.63) is 35.4 Å². The molecule has 0 unspecified atom stereocenters. The van der Waals surface area contributed by atoms with E-state index < -0.39 is 11.9 Å². The molecule has 0 amide bonds. The third-order valence-corrected chi connectivity index (χ3v) is 6.39. The lowest BCUT2D eigenvalue weighted by atomic mass is 10.3. The molecule has 0 saturated heterocycles. The van der Waals surface area contributed by atoms with Crippen molar-refractivity contribution in [2.45, 2.75) is 30.6 Å². The minimum Gasteiger partial charge on any atom is -0.301 e. The molecule has 0 spiro atoms. The first kappa shape index (κ1) is 19.9. The van der Waals surface area contributed by atoms with Crippen LogP contribution in [-0.2, 0) is 25.5 Å². The van der Waals surface area contributed by atoms with Gasteiger partial charge in [-0.3, -0.25) is 4.68 Å². The number of alkyl halides is 3. The standard InChI is InChI=1S/C17H14F3N9S2/c1-3-28-14(10-6-11(17(18,19)20)27(2)25-10)23-24-16(28)31-7-12-22-13-9-4-5-30-15(9)21-8-29(13)26-12/h4-6,8H,3,7H2,1-2H3. The number of aryl methyl sites for hydroxylation is 1. The summed E-state index contributed by atoms with van der Waals surface area (Å²) in [6.07, 6.45) is -2.87. The third kappa shape index (κ3) is 3.44. The Labute approximate surface area is 180 Å². The molecule has 5 heterocycles. The quantitative estimate of drug-likeness (QED) is 0.366. The topological polar surface area (TPSA) is 91.6 Å². The number of halogens is 3. The molecule has 5 aromatic rings. The van der Waals surface area contributed by atoms with Crippen LogP contribution in [0, 0.1) is 0 Å². The van der Waals surface area contributed by atoms with Gasteiger partial charge in [-0.15, -0.1) is 26.6 Å². The van der Waals surface area contributed by atoms with E-state index >= 15 is 0 Å². The van der Waals surface area contributed by atoms with Crippen LogP contribution >= 0.6 is 23.1 Å². The van der Waals surface area contributed by atoms with Gasteiger partial charge >= 0.3 is 6.18 Å². The van der Waals surface area contributed by atoms with E-state index in [4.69, 9.17) is 0 Å². The van der Waals surface area contributed by atoms with E-state index in [-0.39, 0.29) is 11.5 Å². The Bertz CT molecular complexity index is 1400. The van der Waals surface area contributed by atoms with Crippen molar-refractivity contribution in [3.63, 3.8) is 0 Å². The summed E-state index contributed by atoms with van der Waals surface area (Å²) in [6.45, 7) is 2.34. The molecule has 0 saturated carbocycles. The molecule has 14 heteroatoms. The summed E-state index contributed by atoms with van der Waals surface area (Å²) >= 11 is 2.89. The SMILES string of the molecule is CCn1c(SCc2nc3c4ccsc4ncn3n2)nnc1-c1cc(C(F)(F)F)n(C)n1. The molecule has 31 heavy (non-hydrogen) atoms. The zero-order valence-corrected chi connectivity index (χ0v) is 17.8. The second-order valence-electron chi connectivity index (χ2n) is 6.56. The first-order valence-corrected chi connectivity index (χ1v) is 11.0. The van der Waals surface area contributed by atoms with Gasteiger partial charge in [0.25, 0.3) is 0 Å².